The highest BCUT2D eigenvalue weighted by Crippen LogP contribution is 2.17. The van der Waals surface area contributed by atoms with Gasteiger partial charge in [0, 0.05) is 13.6 Å². The van der Waals surface area contributed by atoms with E-state index in [0.717, 1.165) is 19.5 Å². The Kier molecular flexibility index (Phi) is 7.10. The first-order valence-electron chi connectivity index (χ1n) is 5.55. The lowest BCUT2D eigenvalue weighted by Gasteiger charge is -2.22. The van der Waals surface area contributed by atoms with Gasteiger partial charge in [-0.1, -0.05) is 0 Å². The Balaban J connectivity index is 0.00000256. The van der Waals surface area contributed by atoms with E-state index in [9.17, 15) is 9.59 Å². The maximum Gasteiger partial charge on any atom is 0.321 e. The highest BCUT2D eigenvalue weighted by Gasteiger charge is 2.29. The zero-order valence-electron chi connectivity index (χ0n) is 10.2. The van der Waals surface area contributed by atoms with Crippen molar-refractivity contribution in [3.63, 3.8) is 0 Å². The molecule has 1 rings (SSSR count). The molecule has 6 nitrogen and oxygen atoms in total. The molecule has 0 saturated carbocycles. The smallest absolute Gasteiger partial charge is 0.321 e. The minimum Gasteiger partial charge on any atom is -0.341 e. The predicted molar refractivity (Wildman–Crippen MR) is 68.0 cm³/mol. The highest BCUT2D eigenvalue weighted by molar-refractivity contribution is 5.96. The molecule has 0 spiro atoms. The minimum absolute atomic E-state index is 0. The van der Waals surface area contributed by atoms with Gasteiger partial charge in [-0.3, -0.25) is 15.0 Å². The fourth-order valence-electron chi connectivity index (χ4n) is 1.85. The summed E-state index contributed by atoms with van der Waals surface area (Å²) in [4.78, 5) is 24.7. The number of imide groups is 1. The summed E-state index contributed by atoms with van der Waals surface area (Å²) < 4.78 is 0. The van der Waals surface area contributed by atoms with Crippen molar-refractivity contribution in [2.45, 2.75) is 19.4 Å². The van der Waals surface area contributed by atoms with Gasteiger partial charge in [0.2, 0.25) is 5.91 Å². The summed E-state index contributed by atoms with van der Waals surface area (Å²) in [6.45, 7) is 4.15. The van der Waals surface area contributed by atoms with Crippen LogP contribution in [0.15, 0.2) is 0 Å². The van der Waals surface area contributed by atoms with Crippen LogP contribution >= 0.6 is 12.4 Å². The van der Waals surface area contributed by atoms with Gasteiger partial charge in [0.15, 0.2) is 0 Å². The Morgan fingerprint density at radius 1 is 1.53 bits per heavy atom. The first-order chi connectivity index (χ1) is 7.58. The molecule has 17 heavy (non-hydrogen) atoms. The molecule has 2 unspecified atom stereocenters. The van der Waals surface area contributed by atoms with Crippen molar-refractivity contribution in [1.82, 2.24) is 15.5 Å². The van der Waals surface area contributed by atoms with Crippen LogP contribution in [0.4, 0.5) is 4.79 Å². The van der Waals surface area contributed by atoms with Crippen molar-refractivity contribution < 1.29 is 9.59 Å². The molecule has 1 saturated heterocycles. The van der Waals surface area contributed by atoms with E-state index in [1.165, 1.54) is 7.05 Å². The van der Waals surface area contributed by atoms with Crippen LogP contribution in [0.2, 0.25) is 0 Å². The first kappa shape index (κ1) is 16.1. The van der Waals surface area contributed by atoms with E-state index < -0.39 is 6.03 Å². The molecule has 1 fully saturated rings. The molecule has 0 aromatic carbocycles. The fraction of sp³-hybridized carbons (Fsp3) is 0.800. The number of rotatable bonds is 3. The molecule has 0 aromatic heterocycles. The van der Waals surface area contributed by atoms with Crippen LogP contribution in [-0.4, -0.2) is 49.6 Å². The lowest BCUT2D eigenvalue weighted by molar-refractivity contribution is -0.124. The second-order valence-corrected chi connectivity index (χ2v) is 4.13. The third-order valence-corrected chi connectivity index (χ3v) is 3.04. The molecule has 2 atom stereocenters. The molecule has 7 heteroatoms. The Morgan fingerprint density at radius 3 is 2.65 bits per heavy atom. The van der Waals surface area contributed by atoms with Crippen LogP contribution < -0.4 is 16.4 Å². The van der Waals surface area contributed by atoms with Gasteiger partial charge in [-0.25, -0.2) is 4.79 Å². The number of nitrogens with zero attached hydrogens (tertiary/aromatic N) is 1. The summed E-state index contributed by atoms with van der Waals surface area (Å²) >= 11 is 0. The predicted octanol–water partition coefficient (Wildman–Crippen LogP) is -0.467. The van der Waals surface area contributed by atoms with Gasteiger partial charge in [-0.15, -0.1) is 12.4 Å². The monoisotopic (exact) mass is 264 g/mol. The van der Waals surface area contributed by atoms with E-state index in [0.29, 0.717) is 12.5 Å². The van der Waals surface area contributed by atoms with Crippen LogP contribution in [0.25, 0.3) is 0 Å². The van der Waals surface area contributed by atoms with Gasteiger partial charge in [-0.2, -0.15) is 0 Å². The molecule has 0 aliphatic carbocycles. The number of carbonyl (C=O) groups is 2. The largest absolute Gasteiger partial charge is 0.341 e. The highest BCUT2D eigenvalue weighted by atomic mass is 35.5. The number of hydrogen-bond donors (Lipinski definition) is 3. The van der Waals surface area contributed by atoms with Gasteiger partial charge in [0.25, 0.3) is 0 Å². The van der Waals surface area contributed by atoms with Crippen LogP contribution in [0, 0.1) is 5.92 Å². The quantitative estimate of drug-likeness (QED) is 0.643. The van der Waals surface area contributed by atoms with Crippen molar-refractivity contribution in [2.75, 3.05) is 26.7 Å². The average Bonchev–Trinajstić information content (AvgIpc) is 2.76. The molecule has 1 aliphatic heterocycles. The normalized spacial score (nSPS) is 21.5. The van der Waals surface area contributed by atoms with Crippen molar-refractivity contribution in [3.8, 4) is 0 Å². The Morgan fingerprint density at radius 2 is 2.18 bits per heavy atom. The standard InChI is InChI=1S/C10H20N4O2.ClH/c1-7(9(15)13-10(16)12-2)14-4-3-8(5-11)6-14;/h7-8H,3-6,11H2,1-2H3,(H2,12,13,15,16);1H. The SMILES string of the molecule is CNC(=O)NC(=O)C(C)N1CCC(CN)C1.Cl. The molecule has 1 heterocycles. The summed E-state index contributed by atoms with van der Waals surface area (Å²) in [5.41, 5.74) is 5.58. The van der Waals surface area contributed by atoms with Gasteiger partial charge in [0.05, 0.1) is 6.04 Å². The van der Waals surface area contributed by atoms with E-state index in [1.54, 1.807) is 6.92 Å². The van der Waals surface area contributed by atoms with E-state index in [4.69, 9.17) is 5.73 Å². The van der Waals surface area contributed by atoms with Gasteiger partial charge in [0.1, 0.15) is 0 Å². The van der Waals surface area contributed by atoms with Crippen molar-refractivity contribution >= 4 is 24.3 Å². The number of nitrogens with one attached hydrogen (secondary N) is 2. The molecule has 0 radical (unpaired) electrons. The van der Waals surface area contributed by atoms with E-state index in [2.05, 4.69) is 15.5 Å². The second kappa shape index (κ2) is 7.47. The van der Waals surface area contributed by atoms with Crippen LogP contribution in [0.5, 0.6) is 0 Å². The Bertz CT molecular complexity index is 275. The summed E-state index contributed by atoms with van der Waals surface area (Å²) in [7, 11) is 1.48. The molecule has 0 bridgehead atoms. The number of likely N-dealkylation sites (tertiary alicyclic amines) is 1. The van der Waals surface area contributed by atoms with Crippen molar-refractivity contribution in [2.24, 2.45) is 11.7 Å². The minimum atomic E-state index is -0.466. The summed E-state index contributed by atoms with van der Waals surface area (Å²) in [5, 5.41) is 4.63. The molecular weight excluding hydrogens is 244 g/mol. The summed E-state index contributed by atoms with van der Waals surface area (Å²) in [6.07, 6.45) is 1.02. The number of urea groups is 1. The summed E-state index contributed by atoms with van der Waals surface area (Å²) in [5.74, 6) is 0.201. The molecular formula is C10H21ClN4O2. The molecule has 3 amide bonds. The lowest BCUT2D eigenvalue weighted by Crippen LogP contribution is -2.48. The van der Waals surface area contributed by atoms with Crippen molar-refractivity contribution in [1.29, 1.82) is 0 Å². The number of hydrogen-bond acceptors (Lipinski definition) is 4. The molecule has 1 aliphatic rings. The zero-order chi connectivity index (χ0) is 12.1. The zero-order valence-corrected chi connectivity index (χ0v) is 11.0. The molecule has 0 aromatic rings. The number of nitrogens with two attached hydrogens (primary N) is 1. The van der Waals surface area contributed by atoms with Crippen LogP contribution in [0.3, 0.4) is 0 Å². The second-order valence-electron chi connectivity index (χ2n) is 4.13. The topological polar surface area (TPSA) is 87.5 Å². The number of amides is 3. The number of carbonyl (C=O) groups excluding carboxylic acids is 2. The average molecular weight is 265 g/mol. The van der Waals surface area contributed by atoms with Gasteiger partial charge < -0.3 is 11.1 Å². The van der Waals surface area contributed by atoms with Crippen LogP contribution in [0.1, 0.15) is 13.3 Å². The van der Waals surface area contributed by atoms with Crippen molar-refractivity contribution in [3.05, 3.63) is 0 Å². The third-order valence-electron chi connectivity index (χ3n) is 3.04. The molecule has 100 valence electrons. The maximum absolute atomic E-state index is 11.6. The summed E-state index contributed by atoms with van der Waals surface area (Å²) in [6, 6.07) is -0.750. The van der Waals surface area contributed by atoms with Gasteiger partial charge in [-0.05, 0) is 32.4 Å². The van der Waals surface area contributed by atoms with Gasteiger partial charge >= 0.3 is 6.03 Å². The van der Waals surface area contributed by atoms with Crippen LogP contribution in [-0.2, 0) is 4.79 Å². The fourth-order valence-corrected chi connectivity index (χ4v) is 1.85. The van der Waals surface area contributed by atoms with E-state index in [-0.39, 0.29) is 24.4 Å². The van der Waals surface area contributed by atoms with E-state index >= 15 is 0 Å². The maximum atomic E-state index is 11.6. The third kappa shape index (κ3) is 4.49. The molecule has 4 N–H and O–H groups in total. The van der Waals surface area contributed by atoms with E-state index in [1.807, 2.05) is 0 Å². The Labute approximate surface area is 108 Å². The lowest BCUT2D eigenvalue weighted by atomic mass is 10.1. The Hall–Kier alpha value is -0.850. The number of halogens is 1. The first-order valence-corrected chi connectivity index (χ1v) is 5.55.